The number of hydrogen-bond donors (Lipinski definition) is 2. The minimum Gasteiger partial charge on any atom is -0.364 e. The van der Waals surface area contributed by atoms with Crippen LogP contribution < -0.4 is 11.1 Å². The first-order valence-corrected chi connectivity index (χ1v) is 4.24. The van der Waals surface area contributed by atoms with Gasteiger partial charge < -0.3 is 11.1 Å². The van der Waals surface area contributed by atoms with E-state index in [0.29, 0.717) is 0 Å². The molecule has 0 aliphatic carbocycles. The van der Waals surface area contributed by atoms with Crippen molar-refractivity contribution < 1.29 is 4.39 Å². The summed E-state index contributed by atoms with van der Waals surface area (Å²) in [5.41, 5.74) is 5.62. The van der Waals surface area contributed by atoms with Crippen LogP contribution >= 0.6 is 0 Å². The molecule has 0 bridgehead atoms. The van der Waals surface area contributed by atoms with Gasteiger partial charge in [-0.1, -0.05) is 0 Å². The highest BCUT2D eigenvalue weighted by Gasteiger charge is 2.09. The maximum Gasteiger partial charge on any atom is 0.165 e. The van der Waals surface area contributed by atoms with E-state index in [9.17, 15) is 4.39 Å². The standard InChI is InChI=1S/C9H14FN3/c1-6(11)7(2)13-9-8(10)4-3-5-12-9/h3-7H,11H2,1-2H3,(H,12,13). The van der Waals surface area contributed by atoms with Gasteiger partial charge in [-0.3, -0.25) is 0 Å². The highest BCUT2D eigenvalue weighted by molar-refractivity contribution is 5.36. The number of pyridine rings is 1. The third kappa shape index (κ3) is 2.66. The van der Waals surface area contributed by atoms with Crippen LogP contribution in [0, 0.1) is 5.82 Å². The van der Waals surface area contributed by atoms with Gasteiger partial charge in [0.25, 0.3) is 0 Å². The predicted octanol–water partition coefficient (Wildman–Crippen LogP) is 1.37. The Kier molecular flexibility index (Phi) is 3.19. The molecule has 1 heterocycles. The SMILES string of the molecule is CC(N)C(C)Nc1ncccc1F. The summed E-state index contributed by atoms with van der Waals surface area (Å²) < 4.78 is 13.0. The molecule has 1 aromatic heterocycles. The number of aromatic nitrogens is 1. The molecule has 0 saturated heterocycles. The van der Waals surface area contributed by atoms with Gasteiger partial charge in [-0.25, -0.2) is 9.37 Å². The quantitative estimate of drug-likeness (QED) is 0.744. The first-order chi connectivity index (χ1) is 6.11. The lowest BCUT2D eigenvalue weighted by Gasteiger charge is -2.17. The fraction of sp³-hybridized carbons (Fsp3) is 0.444. The Labute approximate surface area is 77.2 Å². The van der Waals surface area contributed by atoms with Gasteiger partial charge in [-0.2, -0.15) is 0 Å². The Morgan fingerprint density at radius 3 is 2.77 bits per heavy atom. The van der Waals surface area contributed by atoms with E-state index in [-0.39, 0.29) is 23.7 Å². The monoisotopic (exact) mass is 183 g/mol. The fourth-order valence-corrected chi connectivity index (χ4v) is 0.839. The number of nitrogens with one attached hydrogen (secondary N) is 1. The third-order valence-corrected chi connectivity index (χ3v) is 1.91. The molecule has 1 rings (SSSR count). The van der Waals surface area contributed by atoms with E-state index in [1.165, 1.54) is 6.07 Å². The second-order valence-corrected chi connectivity index (χ2v) is 3.13. The average molecular weight is 183 g/mol. The van der Waals surface area contributed by atoms with Gasteiger partial charge in [0.1, 0.15) is 0 Å². The minimum absolute atomic E-state index is 0.00407. The summed E-state index contributed by atoms with van der Waals surface area (Å²) in [6.07, 6.45) is 1.54. The van der Waals surface area contributed by atoms with Crippen LogP contribution in [0.3, 0.4) is 0 Å². The van der Waals surface area contributed by atoms with E-state index in [2.05, 4.69) is 10.3 Å². The smallest absolute Gasteiger partial charge is 0.165 e. The van der Waals surface area contributed by atoms with E-state index in [4.69, 9.17) is 5.73 Å². The number of rotatable bonds is 3. The zero-order valence-electron chi connectivity index (χ0n) is 7.79. The van der Waals surface area contributed by atoms with Crippen LogP contribution in [0.25, 0.3) is 0 Å². The summed E-state index contributed by atoms with van der Waals surface area (Å²) in [7, 11) is 0. The van der Waals surface area contributed by atoms with Gasteiger partial charge in [-0.15, -0.1) is 0 Å². The van der Waals surface area contributed by atoms with Crippen molar-refractivity contribution in [2.75, 3.05) is 5.32 Å². The molecule has 1 aromatic rings. The van der Waals surface area contributed by atoms with Crippen LogP contribution in [0.4, 0.5) is 10.2 Å². The van der Waals surface area contributed by atoms with Gasteiger partial charge in [0.05, 0.1) is 0 Å². The molecule has 72 valence electrons. The average Bonchev–Trinajstić information content (AvgIpc) is 2.08. The molecule has 4 heteroatoms. The van der Waals surface area contributed by atoms with Gasteiger partial charge in [0.2, 0.25) is 0 Å². The first-order valence-electron chi connectivity index (χ1n) is 4.24. The Hall–Kier alpha value is -1.16. The molecule has 0 spiro atoms. The Morgan fingerprint density at radius 1 is 1.54 bits per heavy atom. The van der Waals surface area contributed by atoms with Crippen LogP contribution in [-0.2, 0) is 0 Å². The number of halogens is 1. The number of nitrogens with two attached hydrogens (primary N) is 1. The number of anilines is 1. The van der Waals surface area contributed by atoms with Crippen LogP contribution in [0.15, 0.2) is 18.3 Å². The van der Waals surface area contributed by atoms with Crippen molar-refractivity contribution in [3.63, 3.8) is 0 Å². The molecule has 0 saturated carbocycles. The Bertz CT molecular complexity index is 275. The summed E-state index contributed by atoms with van der Waals surface area (Å²) in [6, 6.07) is 2.88. The molecule has 3 nitrogen and oxygen atoms in total. The molecular formula is C9H14FN3. The second kappa shape index (κ2) is 4.18. The van der Waals surface area contributed by atoms with Gasteiger partial charge in [0, 0.05) is 18.3 Å². The van der Waals surface area contributed by atoms with E-state index in [0.717, 1.165) is 0 Å². The van der Waals surface area contributed by atoms with Crippen molar-refractivity contribution in [1.82, 2.24) is 4.98 Å². The van der Waals surface area contributed by atoms with E-state index < -0.39 is 0 Å². The lowest BCUT2D eigenvalue weighted by molar-refractivity contribution is 0.601. The van der Waals surface area contributed by atoms with Gasteiger partial charge in [-0.05, 0) is 26.0 Å². The molecule has 0 aromatic carbocycles. The maximum atomic E-state index is 13.0. The van der Waals surface area contributed by atoms with Crippen molar-refractivity contribution in [2.24, 2.45) is 5.73 Å². The molecule has 0 amide bonds. The molecule has 13 heavy (non-hydrogen) atoms. The lowest BCUT2D eigenvalue weighted by atomic mass is 10.2. The molecule has 0 fully saturated rings. The Balaban J connectivity index is 2.69. The second-order valence-electron chi connectivity index (χ2n) is 3.13. The summed E-state index contributed by atoms with van der Waals surface area (Å²) in [6.45, 7) is 3.75. The van der Waals surface area contributed by atoms with Crippen molar-refractivity contribution in [1.29, 1.82) is 0 Å². The summed E-state index contributed by atoms with van der Waals surface area (Å²) >= 11 is 0. The van der Waals surface area contributed by atoms with Crippen molar-refractivity contribution in [2.45, 2.75) is 25.9 Å². The topological polar surface area (TPSA) is 50.9 Å². The molecule has 0 aliphatic rings. The molecule has 2 unspecified atom stereocenters. The van der Waals surface area contributed by atoms with Crippen molar-refractivity contribution >= 4 is 5.82 Å². The summed E-state index contributed by atoms with van der Waals surface area (Å²) in [5, 5.41) is 2.90. The zero-order valence-corrected chi connectivity index (χ0v) is 7.79. The zero-order chi connectivity index (χ0) is 9.84. The van der Waals surface area contributed by atoms with Crippen LogP contribution in [0.1, 0.15) is 13.8 Å². The van der Waals surface area contributed by atoms with E-state index in [1.54, 1.807) is 12.3 Å². The molecule has 0 aliphatic heterocycles. The predicted molar refractivity (Wildman–Crippen MR) is 50.9 cm³/mol. The Morgan fingerprint density at radius 2 is 2.23 bits per heavy atom. The van der Waals surface area contributed by atoms with Crippen molar-refractivity contribution in [3.8, 4) is 0 Å². The highest BCUT2D eigenvalue weighted by Crippen LogP contribution is 2.10. The van der Waals surface area contributed by atoms with Crippen molar-refractivity contribution in [3.05, 3.63) is 24.1 Å². The summed E-state index contributed by atoms with van der Waals surface area (Å²) in [5.74, 6) is -0.0951. The van der Waals surface area contributed by atoms with Crippen LogP contribution in [-0.4, -0.2) is 17.1 Å². The van der Waals surface area contributed by atoms with Crippen LogP contribution in [0.2, 0.25) is 0 Å². The van der Waals surface area contributed by atoms with E-state index >= 15 is 0 Å². The van der Waals surface area contributed by atoms with Crippen LogP contribution in [0.5, 0.6) is 0 Å². The van der Waals surface area contributed by atoms with Gasteiger partial charge >= 0.3 is 0 Å². The molecule has 2 atom stereocenters. The number of hydrogen-bond acceptors (Lipinski definition) is 3. The summed E-state index contributed by atoms with van der Waals surface area (Å²) in [4.78, 5) is 3.86. The fourth-order valence-electron chi connectivity index (χ4n) is 0.839. The maximum absolute atomic E-state index is 13.0. The largest absolute Gasteiger partial charge is 0.364 e. The highest BCUT2D eigenvalue weighted by atomic mass is 19.1. The molecular weight excluding hydrogens is 169 g/mol. The first kappa shape index (κ1) is 9.92. The lowest BCUT2D eigenvalue weighted by Crippen LogP contribution is -2.35. The third-order valence-electron chi connectivity index (χ3n) is 1.91. The minimum atomic E-state index is -0.352. The van der Waals surface area contributed by atoms with Gasteiger partial charge in [0.15, 0.2) is 11.6 Å². The van der Waals surface area contributed by atoms with E-state index in [1.807, 2.05) is 13.8 Å². The number of nitrogens with zero attached hydrogens (tertiary/aromatic N) is 1. The molecule has 0 radical (unpaired) electrons. The normalized spacial score (nSPS) is 15.1. The molecule has 3 N–H and O–H groups in total.